The summed E-state index contributed by atoms with van der Waals surface area (Å²) in [6, 6.07) is 13.8. The van der Waals surface area contributed by atoms with Gasteiger partial charge in [-0.3, -0.25) is 14.2 Å². The van der Waals surface area contributed by atoms with Gasteiger partial charge in [-0.15, -0.1) is 11.3 Å². The number of hydrogen-bond donors (Lipinski definition) is 1. The zero-order valence-electron chi connectivity index (χ0n) is 17.8. The summed E-state index contributed by atoms with van der Waals surface area (Å²) in [6.07, 6.45) is 1.49. The van der Waals surface area contributed by atoms with Gasteiger partial charge in [-0.1, -0.05) is 30.3 Å². The fourth-order valence-electron chi connectivity index (χ4n) is 3.70. The lowest BCUT2D eigenvalue weighted by molar-refractivity contribution is -0.122. The fourth-order valence-corrected chi connectivity index (χ4v) is 4.52. The molecule has 4 rings (SSSR count). The Bertz CT molecular complexity index is 1410. The van der Waals surface area contributed by atoms with Gasteiger partial charge in [-0.05, 0) is 48.9 Å². The van der Waals surface area contributed by atoms with Crippen LogP contribution in [0.5, 0.6) is 0 Å². The van der Waals surface area contributed by atoms with Crippen LogP contribution >= 0.6 is 11.3 Å². The van der Waals surface area contributed by atoms with Crippen molar-refractivity contribution in [3.05, 3.63) is 98.0 Å². The number of nitrogens with zero attached hydrogens (tertiary/aromatic N) is 2. The van der Waals surface area contributed by atoms with E-state index in [1.807, 2.05) is 37.3 Å². The lowest BCUT2D eigenvalue weighted by Gasteiger charge is -2.16. The average Bonchev–Trinajstić information content (AvgIpc) is 3.26. The van der Waals surface area contributed by atoms with Crippen LogP contribution in [0.2, 0.25) is 0 Å². The SMILES string of the molecule is C[C@@H](CCc1ccccc1)NC(=O)Cn1c(=O)n(-c2cc(F)cc(F)c2)c(=O)c2sccc21. The Balaban J connectivity index is 1.61. The predicted octanol–water partition coefficient (Wildman–Crippen LogP) is 3.63. The molecule has 0 saturated heterocycles. The summed E-state index contributed by atoms with van der Waals surface area (Å²) in [5.74, 6) is -2.24. The van der Waals surface area contributed by atoms with Gasteiger partial charge in [0.25, 0.3) is 5.56 Å². The number of carbonyl (C=O) groups excluding carboxylic acids is 1. The van der Waals surface area contributed by atoms with E-state index in [2.05, 4.69) is 5.32 Å². The number of carbonyl (C=O) groups is 1. The van der Waals surface area contributed by atoms with E-state index in [-0.39, 0.29) is 23.0 Å². The zero-order chi connectivity index (χ0) is 23.5. The van der Waals surface area contributed by atoms with Gasteiger partial charge >= 0.3 is 5.69 Å². The molecule has 1 amide bonds. The highest BCUT2D eigenvalue weighted by Crippen LogP contribution is 2.17. The summed E-state index contributed by atoms with van der Waals surface area (Å²) >= 11 is 1.09. The molecule has 9 heteroatoms. The lowest BCUT2D eigenvalue weighted by Crippen LogP contribution is -2.43. The van der Waals surface area contributed by atoms with E-state index < -0.39 is 28.8 Å². The summed E-state index contributed by atoms with van der Waals surface area (Å²) in [5.41, 5.74) is -0.312. The minimum absolute atomic E-state index is 0.144. The van der Waals surface area contributed by atoms with Crippen molar-refractivity contribution in [3.63, 3.8) is 0 Å². The molecule has 170 valence electrons. The molecular weight excluding hydrogens is 448 g/mol. The number of benzene rings is 2. The number of aryl methyl sites for hydroxylation is 1. The smallest absolute Gasteiger partial charge is 0.336 e. The first-order valence-corrected chi connectivity index (χ1v) is 11.2. The van der Waals surface area contributed by atoms with E-state index >= 15 is 0 Å². The average molecular weight is 470 g/mol. The summed E-state index contributed by atoms with van der Waals surface area (Å²) in [6.45, 7) is 1.54. The molecule has 33 heavy (non-hydrogen) atoms. The van der Waals surface area contributed by atoms with Crippen molar-refractivity contribution in [1.29, 1.82) is 0 Å². The number of halogens is 2. The molecule has 6 nitrogen and oxygen atoms in total. The van der Waals surface area contributed by atoms with E-state index in [0.29, 0.717) is 22.6 Å². The molecule has 2 aromatic heterocycles. The van der Waals surface area contributed by atoms with Crippen LogP contribution in [0.1, 0.15) is 18.9 Å². The van der Waals surface area contributed by atoms with E-state index in [9.17, 15) is 23.2 Å². The van der Waals surface area contributed by atoms with Gasteiger partial charge in [0.15, 0.2) is 0 Å². The Labute approximate surface area is 191 Å². The third kappa shape index (κ3) is 4.93. The van der Waals surface area contributed by atoms with E-state index in [1.54, 1.807) is 11.4 Å². The van der Waals surface area contributed by atoms with Crippen molar-refractivity contribution in [1.82, 2.24) is 14.5 Å². The fraction of sp³-hybridized carbons (Fsp3) is 0.208. The first-order valence-electron chi connectivity index (χ1n) is 10.4. The molecule has 0 aliphatic carbocycles. The molecule has 4 aromatic rings. The van der Waals surface area contributed by atoms with Crippen LogP contribution in [0.3, 0.4) is 0 Å². The second-order valence-electron chi connectivity index (χ2n) is 7.76. The summed E-state index contributed by atoms with van der Waals surface area (Å²) in [7, 11) is 0. The van der Waals surface area contributed by atoms with Gasteiger partial charge in [0.1, 0.15) is 22.9 Å². The quantitative estimate of drug-likeness (QED) is 0.449. The Hall–Kier alpha value is -3.59. The molecule has 0 fully saturated rings. The van der Waals surface area contributed by atoms with Crippen LogP contribution in [0, 0.1) is 11.6 Å². The van der Waals surface area contributed by atoms with E-state index in [4.69, 9.17) is 0 Å². The van der Waals surface area contributed by atoms with Crippen molar-refractivity contribution in [2.45, 2.75) is 32.4 Å². The number of fused-ring (bicyclic) bond motifs is 1. The van der Waals surface area contributed by atoms with E-state index in [1.165, 1.54) is 0 Å². The number of nitrogens with one attached hydrogen (secondary N) is 1. The van der Waals surface area contributed by atoms with Gasteiger partial charge in [0, 0.05) is 12.1 Å². The molecule has 0 aliphatic heterocycles. The standard InChI is InChI=1S/C24H21F2N3O3S/c1-15(7-8-16-5-3-2-4-6-16)27-21(30)14-28-20-9-10-33-22(20)23(31)29(24(28)32)19-12-17(25)11-18(26)13-19/h2-6,9-13,15H,7-8,14H2,1H3,(H,27,30)/t15-/m0/s1. The number of rotatable bonds is 7. The highest BCUT2D eigenvalue weighted by atomic mass is 32.1. The lowest BCUT2D eigenvalue weighted by atomic mass is 10.1. The summed E-state index contributed by atoms with van der Waals surface area (Å²) in [5, 5.41) is 4.50. The number of hydrogen-bond acceptors (Lipinski definition) is 4. The first kappa shape index (κ1) is 22.6. The van der Waals surface area contributed by atoms with Crippen LogP contribution in [0.4, 0.5) is 8.78 Å². The molecular formula is C24H21F2N3O3S. The third-order valence-electron chi connectivity index (χ3n) is 5.28. The van der Waals surface area contributed by atoms with Crippen molar-refractivity contribution in [2.24, 2.45) is 0 Å². The first-order chi connectivity index (χ1) is 15.8. The Morgan fingerprint density at radius 1 is 1.06 bits per heavy atom. The second kappa shape index (κ2) is 9.50. The van der Waals surface area contributed by atoms with Gasteiger partial charge in [0.05, 0.1) is 11.2 Å². The Morgan fingerprint density at radius 3 is 2.45 bits per heavy atom. The van der Waals surface area contributed by atoms with Crippen LogP contribution < -0.4 is 16.6 Å². The van der Waals surface area contributed by atoms with Crippen LogP contribution in [-0.2, 0) is 17.8 Å². The van der Waals surface area contributed by atoms with Gasteiger partial charge in [-0.25, -0.2) is 18.1 Å². The van der Waals surface area contributed by atoms with Gasteiger partial charge in [-0.2, -0.15) is 0 Å². The van der Waals surface area contributed by atoms with Crippen LogP contribution in [-0.4, -0.2) is 21.1 Å². The topological polar surface area (TPSA) is 73.1 Å². The number of amides is 1. The number of thiophene rings is 1. The molecule has 0 unspecified atom stereocenters. The minimum Gasteiger partial charge on any atom is -0.352 e. The van der Waals surface area contributed by atoms with Gasteiger partial charge < -0.3 is 5.32 Å². The zero-order valence-corrected chi connectivity index (χ0v) is 18.6. The largest absolute Gasteiger partial charge is 0.352 e. The molecule has 0 saturated carbocycles. The molecule has 0 aliphatic rings. The molecule has 0 spiro atoms. The normalized spacial score (nSPS) is 12.1. The monoisotopic (exact) mass is 469 g/mol. The maximum absolute atomic E-state index is 13.8. The second-order valence-corrected chi connectivity index (χ2v) is 8.68. The molecule has 2 heterocycles. The van der Waals surface area contributed by atoms with Crippen molar-refractivity contribution in [3.8, 4) is 5.69 Å². The van der Waals surface area contributed by atoms with Crippen LogP contribution in [0.25, 0.3) is 15.9 Å². The van der Waals surface area contributed by atoms with E-state index in [0.717, 1.165) is 40.0 Å². The maximum atomic E-state index is 13.8. The number of aromatic nitrogens is 2. The van der Waals surface area contributed by atoms with Crippen molar-refractivity contribution < 1.29 is 13.6 Å². The molecule has 1 atom stereocenters. The molecule has 1 N–H and O–H groups in total. The maximum Gasteiger partial charge on any atom is 0.336 e. The summed E-state index contributed by atoms with van der Waals surface area (Å²) < 4.78 is 29.6. The Morgan fingerprint density at radius 2 is 1.76 bits per heavy atom. The van der Waals surface area contributed by atoms with Gasteiger partial charge in [0.2, 0.25) is 5.91 Å². The Kier molecular flexibility index (Phi) is 6.50. The predicted molar refractivity (Wildman–Crippen MR) is 124 cm³/mol. The third-order valence-corrected chi connectivity index (χ3v) is 6.17. The molecule has 0 radical (unpaired) electrons. The van der Waals surface area contributed by atoms with Crippen molar-refractivity contribution in [2.75, 3.05) is 0 Å². The van der Waals surface area contributed by atoms with Crippen molar-refractivity contribution >= 4 is 27.5 Å². The van der Waals surface area contributed by atoms with Crippen LogP contribution in [0.15, 0.2) is 69.6 Å². The minimum atomic E-state index is -0.917. The highest BCUT2D eigenvalue weighted by molar-refractivity contribution is 7.17. The highest BCUT2D eigenvalue weighted by Gasteiger charge is 2.19. The molecule has 2 aromatic carbocycles. The molecule has 0 bridgehead atoms. The summed E-state index contributed by atoms with van der Waals surface area (Å²) in [4.78, 5) is 38.8.